The zero-order chi connectivity index (χ0) is 16.2. The van der Waals surface area contributed by atoms with Crippen LogP contribution in [0.3, 0.4) is 0 Å². The van der Waals surface area contributed by atoms with Crippen molar-refractivity contribution in [3.8, 4) is 0 Å². The highest BCUT2D eigenvalue weighted by Gasteiger charge is 2.46. The molecule has 0 aromatic heterocycles. The first-order chi connectivity index (χ1) is 9.70. The monoisotopic (exact) mass is 324 g/mol. The molecule has 0 unspecified atom stereocenters. The smallest absolute Gasteiger partial charge is 0.394 e. The lowest BCUT2D eigenvalue weighted by Crippen LogP contribution is -2.47. The quantitative estimate of drug-likeness (QED) is 0.920. The van der Waals surface area contributed by atoms with E-state index in [-0.39, 0.29) is 9.87 Å². The highest BCUT2D eigenvalue weighted by Crippen LogP contribution is 2.31. The van der Waals surface area contributed by atoms with Gasteiger partial charge in [-0.2, -0.15) is 13.2 Å². The van der Waals surface area contributed by atoms with E-state index in [0.717, 1.165) is 4.90 Å². The molecule has 118 valence electrons. The average Bonchev–Trinajstić information content (AvgIpc) is 2.43. The number of amides is 2. The third-order valence-electron chi connectivity index (χ3n) is 2.59. The van der Waals surface area contributed by atoms with Gasteiger partial charge in [0.2, 0.25) is 11.0 Å². The minimum absolute atomic E-state index is 0.134. The van der Waals surface area contributed by atoms with Gasteiger partial charge in [0.25, 0.3) is 0 Å². The lowest BCUT2D eigenvalue weighted by molar-refractivity contribution is -0.0434. The van der Waals surface area contributed by atoms with E-state index >= 15 is 0 Å². The van der Waals surface area contributed by atoms with Crippen LogP contribution in [0.15, 0.2) is 30.3 Å². The Kier molecular flexibility index (Phi) is 5.73. The Bertz CT molecular complexity index is 508. The molecule has 1 aromatic rings. The summed E-state index contributed by atoms with van der Waals surface area (Å²) in [7, 11) is -1.10. The van der Waals surface area contributed by atoms with Gasteiger partial charge in [-0.15, -0.1) is 0 Å². The van der Waals surface area contributed by atoms with Crippen molar-refractivity contribution in [3.63, 3.8) is 0 Å². The second kappa shape index (κ2) is 6.90. The Morgan fingerprint density at radius 1 is 1.29 bits per heavy atom. The van der Waals surface area contributed by atoms with Crippen LogP contribution in [0, 0.1) is 0 Å². The molecule has 0 aliphatic carbocycles. The van der Waals surface area contributed by atoms with Crippen LogP contribution in [0.25, 0.3) is 0 Å². The molecule has 1 rings (SSSR count). The summed E-state index contributed by atoms with van der Waals surface area (Å²) >= 11 is 0. The summed E-state index contributed by atoms with van der Waals surface area (Å²) in [6.45, 7) is -0.786. The second-order valence-electron chi connectivity index (χ2n) is 4.31. The van der Waals surface area contributed by atoms with Gasteiger partial charge in [-0.05, 0) is 5.56 Å². The number of nitrogens with zero attached hydrogens (tertiary/aromatic N) is 2. The number of benzene rings is 1. The molecular formula is C12H15F3N2O3S. The third kappa shape index (κ3) is 4.18. The number of aliphatic hydroxyl groups excluding tert-OH is 1. The highest BCUT2D eigenvalue weighted by molar-refractivity contribution is 7.84. The fraction of sp³-hybridized carbons (Fsp3) is 0.417. The predicted molar refractivity (Wildman–Crippen MR) is 71.4 cm³/mol. The van der Waals surface area contributed by atoms with E-state index in [1.807, 2.05) is 0 Å². The Hall–Kier alpha value is -1.61. The highest BCUT2D eigenvalue weighted by atomic mass is 32.2. The van der Waals surface area contributed by atoms with Crippen LogP contribution < -0.4 is 0 Å². The molecule has 2 atom stereocenters. The van der Waals surface area contributed by atoms with Crippen molar-refractivity contribution in [2.24, 2.45) is 0 Å². The average molecular weight is 324 g/mol. The topological polar surface area (TPSA) is 60.9 Å². The second-order valence-corrected chi connectivity index (χ2v) is 5.66. The molecule has 0 radical (unpaired) electrons. The van der Waals surface area contributed by atoms with E-state index in [2.05, 4.69) is 0 Å². The first kappa shape index (κ1) is 17.4. The lowest BCUT2D eigenvalue weighted by Gasteiger charge is -2.31. The van der Waals surface area contributed by atoms with Gasteiger partial charge in [0.05, 0.1) is 12.6 Å². The Labute approximate surface area is 122 Å². The summed E-state index contributed by atoms with van der Waals surface area (Å²) in [5.41, 5.74) is -4.85. The van der Waals surface area contributed by atoms with Crippen molar-refractivity contribution in [1.29, 1.82) is 0 Å². The molecule has 0 fully saturated rings. The fourth-order valence-corrected chi connectivity index (χ4v) is 2.57. The van der Waals surface area contributed by atoms with E-state index in [1.54, 1.807) is 18.2 Å². The molecule has 1 N–H and O–H groups in total. The summed E-state index contributed by atoms with van der Waals surface area (Å²) < 4.78 is 50.0. The van der Waals surface area contributed by atoms with Crippen molar-refractivity contribution in [2.75, 3.05) is 20.7 Å². The number of alkyl halides is 3. The lowest BCUT2D eigenvalue weighted by atomic mass is 10.1. The van der Waals surface area contributed by atoms with Crippen LogP contribution in [0.4, 0.5) is 18.0 Å². The molecule has 0 saturated carbocycles. The van der Waals surface area contributed by atoms with Crippen LogP contribution in [0.1, 0.15) is 11.6 Å². The number of hydrogen-bond acceptors (Lipinski definition) is 3. The van der Waals surface area contributed by atoms with E-state index in [4.69, 9.17) is 0 Å². The van der Waals surface area contributed by atoms with Gasteiger partial charge in [0.15, 0.2) is 0 Å². The molecule has 9 heteroatoms. The van der Waals surface area contributed by atoms with Gasteiger partial charge in [0, 0.05) is 14.1 Å². The summed E-state index contributed by atoms with van der Waals surface area (Å²) in [6.07, 6.45) is 0. The standard InChI is InChI=1S/C12H15F3N2O3S/c1-16(2)11(19)17(21(20)12(13,14)15)10(8-18)9-6-4-3-5-7-9/h3-7,10,18H,8H2,1-2H3/t10-,21+/m1/s1. The van der Waals surface area contributed by atoms with Crippen molar-refractivity contribution >= 4 is 17.0 Å². The molecule has 0 heterocycles. The SMILES string of the molecule is CN(C)C(=O)N([C@H](CO)c1ccccc1)[S@@](=O)C(F)(F)F. The first-order valence-electron chi connectivity index (χ1n) is 5.85. The van der Waals surface area contributed by atoms with Gasteiger partial charge in [-0.3, -0.25) is 0 Å². The van der Waals surface area contributed by atoms with E-state index < -0.39 is 35.2 Å². The number of urea groups is 1. The van der Waals surface area contributed by atoms with E-state index in [0.29, 0.717) is 0 Å². The zero-order valence-corrected chi connectivity index (χ0v) is 12.2. The van der Waals surface area contributed by atoms with Gasteiger partial charge in [-0.25, -0.2) is 13.3 Å². The van der Waals surface area contributed by atoms with Crippen molar-refractivity contribution < 1.29 is 27.3 Å². The number of carbonyl (C=O) groups is 1. The largest absolute Gasteiger partial charge is 0.491 e. The van der Waals surface area contributed by atoms with E-state index in [1.165, 1.54) is 26.2 Å². The van der Waals surface area contributed by atoms with E-state index in [9.17, 15) is 27.3 Å². The summed E-state index contributed by atoms with van der Waals surface area (Å²) in [4.78, 5) is 12.8. The van der Waals surface area contributed by atoms with Crippen LogP contribution in [-0.2, 0) is 11.0 Å². The first-order valence-corrected chi connectivity index (χ1v) is 6.95. The van der Waals surface area contributed by atoms with Gasteiger partial charge in [0.1, 0.15) is 0 Å². The number of aliphatic hydroxyl groups is 1. The van der Waals surface area contributed by atoms with Crippen LogP contribution >= 0.6 is 0 Å². The Morgan fingerprint density at radius 2 is 1.81 bits per heavy atom. The number of hydrogen-bond donors (Lipinski definition) is 1. The summed E-state index contributed by atoms with van der Waals surface area (Å²) in [6, 6.07) is 5.17. The summed E-state index contributed by atoms with van der Waals surface area (Å²) in [5, 5.41) is 9.38. The maximum absolute atomic E-state index is 12.7. The maximum atomic E-state index is 12.7. The van der Waals surface area contributed by atoms with Gasteiger partial charge < -0.3 is 10.0 Å². The fourth-order valence-electron chi connectivity index (χ4n) is 1.62. The van der Waals surface area contributed by atoms with Gasteiger partial charge in [-0.1, -0.05) is 30.3 Å². The third-order valence-corrected chi connectivity index (χ3v) is 3.75. The maximum Gasteiger partial charge on any atom is 0.491 e. The minimum Gasteiger partial charge on any atom is -0.394 e. The predicted octanol–water partition coefficient (Wildman–Crippen LogP) is 1.89. The molecule has 21 heavy (non-hydrogen) atoms. The molecule has 5 nitrogen and oxygen atoms in total. The van der Waals surface area contributed by atoms with Crippen LogP contribution in [0.5, 0.6) is 0 Å². The molecule has 0 aliphatic heterocycles. The normalized spacial score (nSPS) is 14.4. The van der Waals surface area contributed by atoms with Crippen LogP contribution in [-0.4, -0.2) is 50.8 Å². The molecule has 0 spiro atoms. The number of carbonyl (C=O) groups excluding carboxylic acids is 1. The van der Waals surface area contributed by atoms with Crippen molar-refractivity contribution in [1.82, 2.24) is 9.21 Å². The zero-order valence-electron chi connectivity index (χ0n) is 11.4. The molecule has 0 saturated heterocycles. The van der Waals surface area contributed by atoms with Crippen LogP contribution in [0.2, 0.25) is 0 Å². The number of rotatable bonds is 4. The Morgan fingerprint density at radius 3 is 2.19 bits per heavy atom. The van der Waals surface area contributed by atoms with Crippen molar-refractivity contribution in [2.45, 2.75) is 11.6 Å². The minimum atomic E-state index is -5.10. The van der Waals surface area contributed by atoms with Gasteiger partial charge >= 0.3 is 11.5 Å². The molecule has 0 bridgehead atoms. The van der Waals surface area contributed by atoms with Crippen molar-refractivity contribution in [3.05, 3.63) is 35.9 Å². The molecule has 0 aliphatic rings. The molecule has 2 amide bonds. The Balaban J connectivity index is 3.28. The number of halogens is 3. The summed E-state index contributed by atoms with van der Waals surface area (Å²) in [5.74, 6) is 0. The molecule has 1 aromatic carbocycles. The molecular weight excluding hydrogens is 309 g/mol.